The monoisotopic (exact) mass is 338 g/mol. The molecular formula is C16H23FN4OS. The summed E-state index contributed by atoms with van der Waals surface area (Å²) in [6, 6.07) is 4.83. The van der Waals surface area contributed by atoms with Gasteiger partial charge < -0.3 is 15.1 Å². The number of hydrogen-bond acceptors (Lipinski definition) is 3. The van der Waals surface area contributed by atoms with Gasteiger partial charge in [0.1, 0.15) is 5.82 Å². The van der Waals surface area contributed by atoms with Gasteiger partial charge in [-0.15, -0.1) is 11.8 Å². The first-order chi connectivity index (χ1) is 11.0. The summed E-state index contributed by atoms with van der Waals surface area (Å²) in [5, 5.41) is 3.29. The molecule has 1 aliphatic rings. The molecule has 2 rings (SSSR count). The topological polar surface area (TPSA) is 47.9 Å². The fourth-order valence-corrected chi connectivity index (χ4v) is 3.22. The van der Waals surface area contributed by atoms with Crippen molar-refractivity contribution in [2.45, 2.75) is 18.4 Å². The van der Waals surface area contributed by atoms with Crippen molar-refractivity contribution >= 4 is 23.6 Å². The zero-order valence-electron chi connectivity index (χ0n) is 13.8. The highest BCUT2D eigenvalue weighted by Gasteiger charge is 2.20. The lowest BCUT2D eigenvalue weighted by Gasteiger charge is -2.36. The minimum Gasteiger partial charge on any atom is -0.352 e. The highest BCUT2D eigenvalue weighted by molar-refractivity contribution is 7.98. The van der Waals surface area contributed by atoms with Gasteiger partial charge in [-0.2, -0.15) is 0 Å². The third kappa shape index (κ3) is 4.60. The van der Waals surface area contributed by atoms with Gasteiger partial charge in [0, 0.05) is 51.6 Å². The second-order valence-corrected chi connectivity index (χ2v) is 6.20. The Morgan fingerprint density at radius 3 is 2.52 bits per heavy atom. The molecule has 0 saturated carbocycles. The average Bonchev–Trinajstić information content (AvgIpc) is 2.56. The van der Waals surface area contributed by atoms with Crippen LogP contribution in [0.25, 0.3) is 0 Å². The Labute approximate surface area is 140 Å². The van der Waals surface area contributed by atoms with E-state index in [1.165, 1.54) is 6.07 Å². The Bertz CT molecular complexity index is 585. The van der Waals surface area contributed by atoms with Crippen LogP contribution in [0.5, 0.6) is 0 Å². The number of guanidine groups is 1. The van der Waals surface area contributed by atoms with E-state index in [4.69, 9.17) is 0 Å². The van der Waals surface area contributed by atoms with Crippen molar-refractivity contribution in [1.82, 2.24) is 15.1 Å². The van der Waals surface area contributed by atoms with Gasteiger partial charge in [0.25, 0.3) is 0 Å². The lowest BCUT2D eigenvalue weighted by atomic mass is 10.2. The second-order valence-electron chi connectivity index (χ2n) is 5.35. The predicted octanol–water partition coefficient (Wildman–Crippen LogP) is 1.79. The zero-order chi connectivity index (χ0) is 16.8. The number of halogens is 1. The Balaban J connectivity index is 1.96. The lowest BCUT2D eigenvalue weighted by molar-refractivity contribution is -0.130. The molecule has 1 aliphatic heterocycles. The number of amides is 1. The summed E-state index contributed by atoms with van der Waals surface area (Å²) in [6.07, 6.45) is 1.98. The van der Waals surface area contributed by atoms with Gasteiger partial charge in [-0.25, -0.2) is 4.39 Å². The fourth-order valence-electron chi connectivity index (χ4n) is 2.63. The maximum absolute atomic E-state index is 13.4. The summed E-state index contributed by atoms with van der Waals surface area (Å²) >= 11 is 1.60. The molecule has 0 atom stereocenters. The minimum absolute atomic E-state index is 0.108. The van der Waals surface area contributed by atoms with Crippen LogP contribution in [0.1, 0.15) is 12.5 Å². The number of rotatable bonds is 3. The molecule has 1 N–H and O–H groups in total. The lowest BCUT2D eigenvalue weighted by Crippen LogP contribution is -2.53. The summed E-state index contributed by atoms with van der Waals surface area (Å²) in [7, 11) is 1.74. The molecule has 7 heteroatoms. The SMILES string of the molecule is CN=C(NCc1cc(F)ccc1SC)N1CCN(C(C)=O)CC1. The molecule has 5 nitrogen and oxygen atoms in total. The predicted molar refractivity (Wildman–Crippen MR) is 92.2 cm³/mol. The van der Waals surface area contributed by atoms with Gasteiger partial charge >= 0.3 is 0 Å². The number of nitrogens with zero attached hydrogens (tertiary/aromatic N) is 3. The first-order valence-corrected chi connectivity index (χ1v) is 8.81. The highest BCUT2D eigenvalue weighted by Crippen LogP contribution is 2.21. The smallest absolute Gasteiger partial charge is 0.219 e. The molecule has 1 aromatic carbocycles. The van der Waals surface area contributed by atoms with Gasteiger partial charge in [-0.3, -0.25) is 9.79 Å². The van der Waals surface area contributed by atoms with E-state index >= 15 is 0 Å². The summed E-state index contributed by atoms with van der Waals surface area (Å²) in [6.45, 7) is 5.01. The molecular weight excluding hydrogens is 315 g/mol. The Kier molecular flexibility index (Phi) is 6.27. The van der Waals surface area contributed by atoms with Gasteiger partial charge in [0.15, 0.2) is 5.96 Å². The van der Waals surface area contributed by atoms with Crippen LogP contribution in [0, 0.1) is 5.82 Å². The summed E-state index contributed by atoms with van der Waals surface area (Å²) < 4.78 is 13.4. The van der Waals surface area contributed by atoms with Crippen LogP contribution in [0.2, 0.25) is 0 Å². The Hall–Kier alpha value is -1.76. The van der Waals surface area contributed by atoms with E-state index < -0.39 is 0 Å². The molecule has 0 unspecified atom stereocenters. The quantitative estimate of drug-likeness (QED) is 0.519. The first-order valence-electron chi connectivity index (χ1n) is 7.58. The van der Waals surface area contributed by atoms with E-state index in [0.29, 0.717) is 19.6 Å². The second kappa shape index (κ2) is 8.19. The number of aliphatic imine (C=N–C) groups is 1. The molecule has 0 aromatic heterocycles. The number of carbonyl (C=O) groups is 1. The van der Waals surface area contributed by atoms with Gasteiger partial charge in [-0.05, 0) is 30.0 Å². The van der Waals surface area contributed by atoms with Crippen molar-refractivity contribution in [3.05, 3.63) is 29.6 Å². The summed E-state index contributed by atoms with van der Waals surface area (Å²) in [5.74, 6) is 0.658. The highest BCUT2D eigenvalue weighted by atomic mass is 32.2. The number of benzene rings is 1. The fraction of sp³-hybridized carbons (Fsp3) is 0.500. The number of nitrogens with one attached hydrogen (secondary N) is 1. The van der Waals surface area contributed by atoms with Gasteiger partial charge in [-0.1, -0.05) is 0 Å². The van der Waals surface area contributed by atoms with E-state index in [9.17, 15) is 9.18 Å². The van der Waals surface area contributed by atoms with E-state index in [-0.39, 0.29) is 11.7 Å². The van der Waals surface area contributed by atoms with Crippen LogP contribution < -0.4 is 5.32 Å². The standard InChI is InChI=1S/C16H23FN4OS/c1-12(22)20-6-8-21(9-7-20)16(18-2)19-11-13-10-14(17)4-5-15(13)23-3/h4-5,10H,6-9,11H2,1-3H3,(H,18,19). The van der Waals surface area contributed by atoms with Crippen LogP contribution in [-0.4, -0.2) is 61.1 Å². The Morgan fingerprint density at radius 2 is 1.96 bits per heavy atom. The van der Waals surface area contributed by atoms with Crippen LogP contribution in [0.15, 0.2) is 28.1 Å². The van der Waals surface area contributed by atoms with Crippen molar-refractivity contribution in [1.29, 1.82) is 0 Å². The van der Waals surface area contributed by atoms with Crippen LogP contribution in [-0.2, 0) is 11.3 Å². The number of hydrogen-bond donors (Lipinski definition) is 1. The third-order valence-electron chi connectivity index (χ3n) is 3.92. The largest absolute Gasteiger partial charge is 0.352 e. The third-order valence-corrected chi connectivity index (χ3v) is 4.75. The normalized spacial score (nSPS) is 15.7. The molecule has 1 saturated heterocycles. The number of piperazine rings is 1. The molecule has 0 spiro atoms. The molecule has 0 bridgehead atoms. The zero-order valence-corrected chi connectivity index (χ0v) is 14.6. The van der Waals surface area contributed by atoms with Crippen molar-refractivity contribution in [3.8, 4) is 0 Å². The van der Waals surface area contributed by atoms with Crippen LogP contribution in [0.4, 0.5) is 4.39 Å². The molecule has 1 heterocycles. The van der Waals surface area contributed by atoms with E-state index in [2.05, 4.69) is 15.2 Å². The van der Waals surface area contributed by atoms with Gasteiger partial charge in [0.2, 0.25) is 5.91 Å². The molecule has 1 fully saturated rings. The Morgan fingerprint density at radius 1 is 1.30 bits per heavy atom. The van der Waals surface area contributed by atoms with E-state index in [1.807, 2.05) is 11.2 Å². The summed E-state index contributed by atoms with van der Waals surface area (Å²) in [4.78, 5) is 20.7. The molecule has 1 amide bonds. The number of thioether (sulfide) groups is 1. The van der Waals surface area contributed by atoms with Crippen molar-refractivity contribution in [2.24, 2.45) is 4.99 Å². The van der Waals surface area contributed by atoms with Crippen molar-refractivity contribution in [3.63, 3.8) is 0 Å². The molecule has 23 heavy (non-hydrogen) atoms. The van der Waals surface area contributed by atoms with Crippen LogP contribution >= 0.6 is 11.8 Å². The molecule has 0 aliphatic carbocycles. The summed E-state index contributed by atoms with van der Waals surface area (Å²) in [5.41, 5.74) is 0.918. The minimum atomic E-state index is -0.232. The van der Waals surface area contributed by atoms with Crippen LogP contribution in [0.3, 0.4) is 0 Å². The molecule has 0 radical (unpaired) electrons. The van der Waals surface area contributed by atoms with Crippen molar-refractivity contribution < 1.29 is 9.18 Å². The average molecular weight is 338 g/mol. The maximum atomic E-state index is 13.4. The van der Waals surface area contributed by atoms with E-state index in [0.717, 1.165) is 29.5 Å². The molecule has 126 valence electrons. The first kappa shape index (κ1) is 17.6. The van der Waals surface area contributed by atoms with Gasteiger partial charge in [0.05, 0.1) is 0 Å². The molecule has 1 aromatic rings. The number of carbonyl (C=O) groups excluding carboxylic acids is 1. The maximum Gasteiger partial charge on any atom is 0.219 e. The van der Waals surface area contributed by atoms with E-state index in [1.54, 1.807) is 37.9 Å². The van der Waals surface area contributed by atoms with Crippen molar-refractivity contribution in [2.75, 3.05) is 39.5 Å².